The van der Waals surface area contributed by atoms with E-state index >= 15 is 0 Å². The second-order valence-electron chi connectivity index (χ2n) is 6.63. The van der Waals surface area contributed by atoms with E-state index in [2.05, 4.69) is 15.1 Å². The fraction of sp³-hybridized carbons (Fsp3) is 0.143. The number of hydrogen-bond donors (Lipinski definition) is 1. The smallest absolute Gasteiger partial charge is 0.146 e. The van der Waals surface area contributed by atoms with Crippen LogP contribution in [0.3, 0.4) is 0 Å². The highest BCUT2D eigenvalue weighted by Gasteiger charge is 2.21. The van der Waals surface area contributed by atoms with Gasteiger partial charge in [0, 0.05) is 18.7 Å². The second kappa shape index (κ2) is 6.89. The van der Waals surface area contributed by atoms with Crippen LogP contribution in [-0.2, 0) is 6.54 Å². The van der Waals surface area contributed by atoms with Gasteiger partial charge in [-0.2, -0.15) is 0 Å². The van der Waals surface area contributed by atoms with Crippen molar-refractivity contribution in [3.63, 3.8) is 0 Å². The zero-order valence-electron chi connectivity index (χ0n) is 14.8. The van der Waals surface area contributed by atoms with Gasteiger partial charge in [0.2, 0.25) is 0 Å². The number of likely N-dealkylation sites (N-methyl/N-ethyl adjacent to an activating group) is 1. The van der Waals surface area contributed by atoms with Crippen molar-refractivity contribution in [2.24, 2.45) is 0 Å². The number of nitrogens with zero attached hydrogens (tertiary/aromatic N) is 3. The van der Waals surface area contributed by atoms with E-state index in [1.807, 2.05) is 31.3 Å². The van der Waals surface area contributed by atoms with Gasteiger partial charge >= 0.3 is 0 Å². The molecule has 3 aromatic rings. The molecule has 1 aliphatic heterocycles. The molecule has 2 aromatic carbocycles. The summed E-state index contributed by atoms with van der Waals surface area (Å²) in [6, 6.07) is 13.2. The maximum absolute atomic E-state index is 14.4. The van der Waals surface area contributed by atoms with Crippen molar-refractivity contribution in [2.75, 3.05) is 19.3 Å². The molecule has 1 aliphatic rings. The minimum absolute atomic E-state index is 0.00840. The van der Waals surface area contributed by atoms with E-state index in [0.717, 1.165) is 16.7 Å². The quantitative estimate of drug-likeness (QED) is 0.750. The predicted molar refractivity (Wildman–Crippen MR) is 102 cm³/mol. The minimum Gasteiger partial charge on any atom is -0.382 e. The average molecular weight is 364 g/mol. The average Bonchev–Trinajstić information content (AvgIpc) is 2.80. The second-order valence-corrected chi connectivity index (χ2v) is 6.63. The maximum atomic E-state index is 14.4. The Kier molecular flexibility index (Phi) is 4.41. The van der Waals surface area contributed by atoms with E-state index in [9.17, 15) is 8.78 Å². The van der Waals surface area contributed by atoms with Crippen molar-refractivity contribution in [3.8, 4) is 11.3 Å². The number of rotatable bonds is 2. The summed E-state index contributed by atoms with van der Waals surface area (Å²) in [5.74, 6) is -0.774. The first-order valence-corrected chi connectivity index (χ1v) is 8.59. The van der Waals surface area contributed by atoms with Gasteiger partial charge in [0.1, 0.15) is 17.5 Å². The summed E-state index contributed by atoms with van der Waals surface area (Å²) < 4.78 is 28.8. The van der Waals surface area contributed by atoms with Crippen molar-refractivity contribution in [3.05, 3.63) is 82.9 Å². The highest BCUT2D eigenvalue weighted by Crippen LogP contribution is 2.34. The Hall–Kier alpha value is -3.12. The Morgan fingerprint density at radius 3 is 2.48 bits per heavy atom. The lowest BCUT2D eigenvalue weighted by molar-refractivity contribution is 0.366. The molecule has 0 amide bonds. The van der Waals surface area contributed by atoms with Crippen LogP contribution in [0.2, 0.25) is 0 Å². The lowest BCUT2D eigenvalue weighted by atomic mass is 9.91. The van der Waals surface area contributed by atoms with E-state index in [-0.39, 0.29) is 5.56 Å². The molecule has 0 aliphatic carbocycles. The zero-order chi connectivity index (χ0) is 19.0. The summed E-state index contributed by atoms with van der Waals surface area (Å²) in [5, 5.41) is 8.02. The lowest BCUT2D eigenvalue weighted by Crippen LogP contribution is -2.16. The summed E-state index contributed by atoms with van der Waals surface area (Å²) in [5.41, 5.74) is 9.55. The van der Waals surface area contributed by atoms with E-state index < -0.39 is 11.6 Å². The van der Waals surface area contributed by atoms with Crippen LogP contribution in [0.25, 0.3) is 16.8 Å². The fourth-order valence-corrected chi connectivity index (χ4v) is 3.35. The first-order chi connectivity index (χ1) is 13.0. The predicted octanol–water partition coefficient (Wildman–Crippen LogP) is 3.88. The summed E-state index contributed by atoms with van der Waals surface area (Å²) in [6.45, 7) is 1.25. The third-order valence-corrected chi connectivity index (χ3v) is 4.66. The van der Waals surface area contributed by atoms with E-state index in [1.54, 1.807) is 12.1 Å². The minimum atomic E-state index is -0.565. The Bertz CT molecular complexity index is 1010. The third-order valence-electron chi connectivity index (χ3n) is 4.66. The maximum Gasteiger partial charge on any atom is 0.146 e. The van der Waals surface area contributed by atoms with Crippen molar-refractivity contribution < 1.29 is 8.78 Å². The van der Waals surface area contributed by atoms with Crippen molar-refractivity contribution in [1.82, 2.24) is 15.1 Å². The van der Waals surface area contributed by atoms with Crippen molar-refractivity contribution >= 4 is 11.4 Å². The van der Waals surface area contributed by atoms with Gasteiger partial charge in [-0.15, -0.1) is 10.2 Å². The monoisotopic (exact) mass is 364 g/mol. The van der Waals surface area contributed by atoms with Crippen LogP contribution in [0.5, 0.6) is 0 Å². The molecule has 4 nitrogen and oxygen atoms in total. The molecule has 0 radical (unpaired) electrons. The molecule has 0 fully saturated rings. The number of anilines is 1. The number of fused-ring (bicyclic) bond motifs is 1. The number of aromatic nitrogens is 2. The summed E-state index contributed by atoms with van der Waals surface area (Å²) in [4.78, 5) is 2.09. The van der Waals surface area contributed by atoms with Gasteiger partial charge in [-0.3, -0.25) is 4.90 Å². The molecule has 0 saturated carbocycles. The van der Waals surface area contributed by atoms with Gasteiger partial charge in [0.25, 0.3) is 0 Å². The number of nitrogens with two attached hydrogens (primary N) is 1. The molecule has 6 heteroatoms. The van der Waals surface area contributed by atoms with Crippen LogP contribution in [-0.4, -0.2) is 28.7 Å². The molecule has 136 valence electrons. The summed E-state index contributed by atoms with van der Waals surface area (Å²) >= 11 is 0. The van der Waals surface area contributed by atoms with Gasteiger partial charge in [0.15, 0.2) is 0 Å². The topological polar surface area (TPSA) is 55.0 Å². The van der Waals surface area contributed by atoms with Gasteiger partial charge in [-0.25, -0.2) is 8.78 Å². The van der Waals surface area contributed by atoms with Crippen molar-refractivity contribution in [2.45, 2.75) is 6.54 Å². The number of halogens is 2. The molecular formula is C21H18F2N4. The molecule has 0 bridgehead atoms. The Labute approximate surface area is 156 Å². The molecule has 0 saturated heterocycles. The lowest BCUT2D eigenvalue weighted by Gasteiger charge is -2.16. The molecule has 0 unspecified atom stereocenters. The van der Waals surface area contributed by atoms with E-state index in [0.29, 0.717) is 30.2 Å². The highest BCUT2D eigenvalue weighted by molar-refractivity contribution is 5.83. The van der Waals surface area contributed by atoms with E-state index in [1.165, 1.54) is 18.2 Å². The number of nitrogen functional groups attached to an aromatic ring is 1. The standard InChI is InChI=1S/C21H18F2N4/c1-27-10-9-16(21-17(22)3-2-4-18(21)23)15-6-5-13(11-14(15)12-27)19-7-8-20(24)26-25-19/h2-9,11H,10,12H2,1H3,(H2,24,26). The SMILES string of the molecule is CN1CC=C(c2c(F)cccc2F)c2ccc(-c3ccc(N)nn3)cc2C1. The molecule has 2 N–H and O–H groups in total. The summed E-state index contributed by atoms with van der Waals surface area (Å²) in [6.07, 6.45) is 1.87. The van der Waals surface area contributed by atoms with Crippen LogP contribution >= 0.6 is 0 Å². The number of hydrogen-bond acceptors (Lipinski definition) is 4. The third kappa shape index (κ3) is 3.31. The first kappa shape index (κ1) is 17.3. The van der Waals surface area contributed by atoms with E-state index in [4.69, 9.17) is 5.73 Å². The fourth-order valence-electron chi connectivity index (χ4n) is 3.35. The normalized spacial score (nSPS) is 14.4. The first-order valence-electron chi connectivity index (χ1n) is 8.59. The van der Waals surface area contributed by atoms with Gasteiger partial charge in [-0.1, -0.05) is 24.3 Å². The van der Waals surface area contributed by atoms with Crippen LogP contribution in [0.15, 0.2) is 54.6 Å². The van der Waals surface area contributed by atoms with Gasteiger partial charge in [-0.05, 0) is 54.1 Å². The van der Waals surface area contributed by atoms with Gasteiger partial charge in [0.05, 0.1) is 11.3 Å². The van der Waals surface area contributed by atoms with Crippen LogP contribution in [0.4, 0.5) is 14.6 Å². The molecule has 2 heterocycles. The Balaban J connectivity index is 1.85. The highest BCUT2D eigenvalue weighted by atomic mass is 19.1. The zero-order valence-corrected chi connectivity index (χ0v) is 14.8. The molecule has 1 aromatic heterocycles. The largest absolute Gasteiger partial charge is 0.382 e. The molecule has 27 heavy (non-hydrogen) atoms. The van der Waals surface area contributed by atoms with Crippen molar-refractivity contribution in [1.29, 1.82) is 0 Å². The Morgan fingerprint density at radius 1 is 1.00 bits per heavy atom. The molecule has 0 atom stereocenters. The van der Waals surface area contributed by atoms with Gasteiger partial charge < -0.3 is 5.73 Å². The molecular weight excluding hydrogens is 346 g/mol. The Morgan fingerprint density at radius 2 is 1.78 bits per heavy atom. The molecule has 0 spiro atoms. The number of benzene rings is 2. The molecule has 4 rings (SSSR count). The van der Waals surface area contributed by atoms with Crippen LogP contribution in [0.1, 0.15) is 16.7 Å². The van der Waals surface area contributed by atoms with Crippen LogP contribution < -0.4 is 5.73 Å². The van der Waals surface area contributed by atoms with Crippen LogP contribution in [0, 0.1) is 11.6 Å². The summed E-state index contributed by atoms with van der Waals surface area (Å²) in [7, 11) is 1.97.